The summed E-state index contributed by atoms with van der Waals surface area (Å²) in [5.74, 6) is 0.805. The zero-order valence-corrected chi connectivity index (χ0v) is 14.6. The topological polar surface area (TPSA) is 51.2 Å². The number of nitrogens with zero attached hydrogens (tertiary/aromatic N) is 1. The Labute approximate surface area is 152 Å². The van der Waals surface area contributed by atoms with Crippen molar-refractivity contribution < 1.29 is 9.53 Å². The van der Waals surface area contributed by atoms with Crippen LogP contribution in [0.25, 0.3) is 11.3 Å². The number of amides is 1. The normalized spacial score (nSPS) is 15.2. The molecule has 0 radical (unpaired) electrons. The third kappa shape index (κ3) is 3.31. The van der Waals surface area contributed by atoms with Gasteiger partial charge in [0.05, 0.1) is 12.2 Å². The molecule has 3 aromatic rings. The zero-order valence-electron chi connectivity index (χ0n) is 14.6. The van der Waals surface area contributed by atoms with Gasteiger partial charge in [0.1, 0.15) is 11.9 Å². The van der Waals surface area contributed by atoms with E-state index in [4.69, 9.17) is 4.74 Å². The van der Waals surface area contributed by atoms with Crippen LogP contribution in [0.3, 0.4) is 0 Å². The van der Waals surface area contributed by atoms with Gasteiger partial charge in [0, 0.05) is 23.7 Å². The second-order valence-electron chi connectivity index (χ2n) is 6.54. The van der Waals surface area contributed by atoms with E-state index in [2.05, 4.69) is 29.4 Å². The van der Waals surface area contributed by atoms with Crippen LogP contribution in [0.5, 0.6) is 5.75 Å². The Balaban J connectivity index is 1.50. The Morgan fingerprint density at radius 2 is 1.96 bits per heavy atom. The minimum Gasteiger partial charge on any atom is -0.487 e. The molecule has 0 saturated heterocycles. The maximum Gasteiger partial charge on any atom is 0.251 e. The first-order valence-corrected chi connectivity index (χ1v) is 8.75. The highest BCUT2D eigenvalue weighted by Crippen LogP contribution is 2.39. The number of hydrogen-bond donors (Lipinski definition) is 1. The molecule has 0 saturated carbocycles. The van der Waals surface area contributed by atoms with E-state index in [-0.39, 0.29) is 12.0 Å². The highest BCUT2D eigenvalue weighted by Gasteiger charge is 2.27. The molecule has 0 unspecified atom stereocenters. The molecule has 1 atom stereocenters. The van der Waals surface area contributed by atoms with Crippen molar-refractivity contribution in [1.29, 1.82) is 0 Å². The highest BCUT2D eigenvalue weighted by molar-refractivity contribution is 5.94. The Kier molecular flexibility index (Phi) is 4.40. The molecular weight excluding hydrogens is 324 g/mol. The molecular formula is C22H20N2O2. The van der Waals surface area contributed by atoms with Gasteiger partial charge in [-0.05, 0) is 48.4 Å². The van der Waals surface area contributed by atoms with E-state index in [1.807, 2.05) is 48.5 Å². The van der Waals surface area contributed by atoms with Gasteiger partial charge in [-0.2, -0.15) is 0 Å². The maximum atomic E-state index is 12.2. The monoisotopic (exact) mass is 344 g/mol. The number of benzene rings is 2. The summed E-state index contributed by atoms with van der Waals surface area (Å²) < 4.78 is 6.18. The molecule has 0 aliphatic carbocycles. The van der Waals surface area contributed by atoms with Crippen LogP contribution in [0, 0.1) is 6.92 Å². The summed E-state index contributed by atoms with van der Waals surface area (Å²) in [7, 11) is 0. The number of aromatic nitrogens is 1. The molecule has 0 bridgehead atoms. The molecule has 4 heteroatoms. The van der Waals surface area contributed by atoms with Gasteiger partial charge in [-0.3, -0.25) is 9.78 Å². The van der Waals surface area contributed by atoms with Crippen LogP contribution in [-0.2, 0) is 6.42 Å². The zero-order chi connectivity index (χ0) is 17.9. The Hall–Kier alpha value is -3.14. The molecule has 130 valence electrons. The van der Waals surface area contributed by atoms with Crippen molar-refractivity contribution in [1.82, 2.24) is 10.3 Å². The maximum absolute atomic E-state index is 12.2. The minimum absolute atomic E-state index is 0.0677. The Bertz CT molecular complexity index is 924. The third-order valence-electron chi connectivity index (χ3n) is 4.51. The number of nitrogens with one attached hydrogen (secondary N) is 1. The van der Waals surface area contributed by atoms with Crippen LogP contribution in [0.2, 0.25) is 0 Å². The van der Waals surface area contributed by atoms with Crippen LogP contribution >= 0.6 is 0 Å². The largest absolute Gasteiger partial charge is 0.487 e. The van der Waals surface area contributed by atoms with Crippen molar-refractivity contribution in [3.05, 3.63) is 83.6 Å². The second-order valence-corrected chi connectivity index (χ2v) is 6.54. The molecule has 1 aromatic heterocycles. The van der Waals surface area contributed by atoms with Gasteiger partial charge in [-0.1, -0.05) is 30.3 Å². The summed E-state index contributed by atoms with van der Waals surface area (Å²) in [4.78, 5) is 16.7. The summed E-state index contributed by atoms with van der Waals surface area (Å²) in [6.07, 6.45) is 2.50. The van der Waals surface area contributed by atoms with E-state index in [1.165, 1.54) is 11.1 Å². The van der Waals surface area contributed by atoms with E-state index >= 15 is 0 Å². The molecule has 2 aromatic carbocycles. The van der Waals surface area contributed by atoms with Crippen molar-refractivity contribution in [3.63, 3.8) is 0 Å². The van der Waals surface area contributed by atoms with Gasteiger partial charge in [0.15, 0.2) is 0 Å². The number of hydrogen-bond acceptors (Lipinski definition) is 3. The van der Waals surface area contributed by atoms with Crippen LogP contribution in [0.15, 0.2) is 66.9 Å². The SMILES string of the molecule is Cc1cc2c(c(-c3ccccn3)c1)O[C@H](CNC(=O)c1ccccc1)C2. The summed E-state index contributed by atoms with van der Waals surface area (Å²) in [5, 5.41) is 2.97. The lowest BCUT2D eigenvalue weighted by Gasteiger charge is -2.13. The lowest BCUT2D eigenvalue weighted by atomic mass is 10.0. The fourth-order valence-electron chi connectivity index (χ4n) is 3.32. The molecule has 26 heavy (non-hydrogen) atoms. The number of fused-ring (bicyclic) bond motifs is 1. The summed E-state index contributed by atoms with van der Waals surface area (Å²) in [5.41, 5.74) is 4.93. The van der Waals surface area contributed by atoms with E-state index in [1.54, 1.807) is 6.20 Å². The number of carbonyl (C=O) groups excluding carboxylic acids is 1. The number of aryl methyl sites for hydroxylation is 1. The number of pyridine rings is 1. The van der Waals surface area contributed by atoms with Crippen LogP contribution < -0.4 is 10.1 Å². The third-order valence-corrected chi connectivity index (χ3v) is 4.51. The van der Waals surface area contributed by atoms with E-state index in [9.17, 15) is 4.79 Å². The lowest BCUT2D eigenvalue weighted by Crippen LogP contribution is -2.34. The fourth-order valence-corrected chi connectivity index (χ4v) is 3.32. The van der Waals surface area contributed by atoms with Gasteiger partial charge in [-0.25, -0.2) is 0 Å². The first-order valence-electron chi connectivity index (χ1n) is 8.75. The fraction of sp³-hybridized carbons (Fsp3) is 0.182. The van der Waals surface area contributed by atoms with Crippen molar-refractivity contribution in [2.75, 3.05) is 6.54 Å². The lowest BCUT2D eigenvalue weighted by molar-refractivity contribution is 0.0933. The average Bonchev–Trinajstić information content (AvgIpc) is 3.09. The predicted molar refractivity (Wildman–Crippen MR) is 101 cm³/mol. The van der Waals surface area contributed by atoms with Crippen LogP contribution in [0.1, 0.15) is 21.5 Å². The van der Waals surface area contributed by atoms with E-state index in [0.717, 1.165) is 23.4 Å². The minimum atomic E-state index is -0.0775. The molecule has 1 N–H and O–H groups in total. The van der Waals surface area contributed by atoms with Gasteiger partial charge in [-0.15, -0.1) is 0 Å². The van der Waals surface area contributed by atoms with Crippen molar-refractivity contribution >= 4 is 5.91 Å². The predicted octanol–water partition coefficient (Wildman–Crippen LogP) is 3.79. The van der Waals surface area contributed by atoms with Gasteiger partial charge in [0.2, 0.25) is 0 Å². The molecule has 1 amide bonds. The van der Waals surface area contributed by atoms with Crippen LogP contribution in [-0.4, -0.2) is 23.5 Å². The van der Waals surface area contributed by atoms with Crippen molar-refractivity contribution in [3.8, 4) is 17.0 Å². The molecule has 4 rings (SSSR count). The summed E-state index contributed by atoms with van der Waals surface area (Å²) >= 11 is 0. The number of carbonyl (C=O) groups is 1. The van der Waals surface area contributed by atoms with Gasteiger partial charge in [0.25, 0.3) is 5.91 Å². The number of ether oxygens (including phenoxy) is 1. The van der Waals surface area contributed by atoms with Gasteiger partial charge >= 0.3 is 0 Å². The molecule has 4 nitrogen and oxygen atoms in total. The first-order chi connectivity index (χ1) is 12.7. The Morgan fingerprint density at radius 3 is 2.73 bits per heavy atom. The number of rotatable bonds is 4. The molecule has 2 heterocycles. The van der Waals surface area contributed by atoms with Crippen molar-refractivity contribution in [2.45, 2.75) is 19.4 Å². The van der Waals surface area contributed by atoms with Crippen molar-refractivity contribution in [2.24, 2.45) is 0 Å². The molecule has 0 fully saturated rings. The van der Waals surface area contributed by atoms with Gasteiger partial charge < -0.3 is 10.1 Å². The summed E-state index contributed by atoms with van der Waals surface area (Å²) in [6, 6.07) is 19.4. The average molecular weight is 344 g/mol. The first kappa shape index (κ1) is 16.3. The highest BCUT2D eigenvalue weighted by atomic mass is 16.5. The standard InChI is InChI=1S/C22H20N2O2/c1-15-11-17-13-18(14-24-22(25)16-7-3-2-4-8-16)26-21(17)19(12-15)20-9-5-6-10-23-20/h2-12,18H,13-14H2,1H3,(H,24,25)/t18-/m0/s1. The Morgan fingerprint density at radius 1 is 1.15 bits per heavy atom. The molecule has 0 spiro atoms. The van der Waals surface area contributed by atoms with E-state index < -0.39 is 0 Å². The summed E-state index contributed by atoms with van der Waals surface area (Å²) in [6.45, 7) is 2.56. The molecule has 1 aliphatic heterocycles. The smallest absolute Gasteiger partial charge is 0.251 e. The molecule has 1 aliphatic rings. The van der Waals surface area contributed by atoms with Crippen LogP contribution in [0.4, 0.5) is 0 Å². The second kappa shape index (κ2) is 7.00. The quantitative estimate of drug-likeness (QED) is 0.783. The van der Waals surface area contributed by atoms with E-state index in [0.29, 0.717) is 12.1 Å².